The normalized spacial score (nSPS) is 21.3. The molecule has 0 heterocycles. The van der Waals surface area contributed by atoms with Crippen LogP contribution in [0.25, 0.3) is 0 Å². The second kappa shape index (κ2) is 6.03. The van der Waals surface area contributed by atoms with Crippen molar-refractivity contribution in [2.45, 2.75) is 52.2 Å². The number of benzene rings is 1. The number of nitrogens with one attached hydrogen (secondary N) is 1. The zero-order valence-electron chi connectivity index (χ0n) is 12.3. The van der Waals surface area contributed by atoms with Crippen molar-refractivity contribution < 1.29 is 17.9 Å². The van der Waals surface area contributed by atoms with Gasteiger partial charge in [0.25, 0.3) is 0 Å². The number of nitrogen functional groups attached to an aromatic ring is 1. The molecule has 1 aliphatic carbocycles. The Bertz CT molecular complexity index is 506. The Morgan fingerprint density at radius 2 is 2.05 bits per heavy atom. The van der Waals surface area contributed by atoms with E-state index in [2.05, 4.69) is 23.9 Å². The van der Waals surface area contributed by atoms with E-state index in [4.69, 9.17) is 5.73 Å². The van der Waals surface area contributed by atoms with E-state index < -0.39 is 18.2 Å². The SMILES string of the molecule is CC1(C)CCCCC1Nc1cc(OC(F)F)c(F)cc1N. The highest BCUT2D eigenvalue weighted by Gasteiger charge is 2.32. The molecular weight excluding hydrogens is 281 g/mol. The average molecular weight is 302 g/mol. The first-order valence-electron chi connectivity index (χ1n) is 7.10. The third kappa shape index (κ3) is 3.74. The van der Waals surface area contributed by atoms with E-state index in [-0.39, 0.29) is 17.1 Å². The van der Waals surface area contributed by atoms with Gasteiger partial charge in [0.05, 0.1) is 11.4 Å². The Labute approximate surface area is 122 Å². The molecule has 1 atom stereocenters. The van der Waals surface area contributed by atoms with Gasteiger partial charge >= 0.3 is 6.61 Å². The van der Waals surface area contributed by atoms with Crippen molar-refractivity contribution in [2.75, 3.05) is 11.1 Å². The molecule has 21 heavy (non-hydrogen) atoms. The van der Waals surface area contributed by atoms with Crippen molar-refractivity contribution in [3.05, 3.63) is 17.9 Å². The van der Waals surface area contributed by atoms with Crippen LogP contribution in [0, 0.1) is 11.2 Å². The van der Waals surface area contributed by atoms with Gasteiger partial charge in [0.2, 0.25) is 0 Å². The minimum atomic E-state index is -3.07. The molecule has 0 radical (unpaired) electrons. The van der Waals surface area contributed by atoms with Gasteiger partial charge < -0.3 is 15.8 Å². The lowest BCUT2D eigenvalue weighted by atomic mass is 9.73. The van der Waals surface area contributed by atoms with Crippen LogP contribution < -0.4 is 15.8 Å². The number of rotatable bonds is 4. The lowest BCUT2D eigenvalue weighted by molar-refractivity contribution is -0.0521. The number of hydrogen-bond acceptors (Lipinski definition) is 3. The number of alkyl halides is 2. The molecule has 118 valence electrons. The Morgan fingerprint density at radius 3 is 2.67 bits per heavy atom. The van der Waals surface area contributed by atoms with Crippen LogP contribution in [0.4, 0.5) is 24.5 Å². The third-order valence-corrected chi connectivity index (χ3v) is 4.16. The topological polar surface area (TPSA) is 47.3 Å². The fraction of sp³-hybridized carbons (Fsp3) is 0.600. The summed E-state index contributed by atoms with van der Waals surface area (Å²) in [7, 11) is 0. The number of hydrogen-bond donors (Lipinski definition) is 2. The van der Waals surface area contributed by atoms with Crippen molar-refractivity contribution in [3.63, 3.8) is 0 Å². The van der Waals surface area contributed by atoms with Crippen LogP contribution in [0.1, 0.15) is 39.5 Å². The fourth-order valence-electron chi connectivity index (χ4n) is 2.83. The average Bonchev–Trinajstić information content (AvgIpc) is 2.36. The van der Waals surface area contributed by atoms with E-state index in [1.54, 1.807) is 0 Å². The van der Waals surface area contributed by atoms with E-state index in [9.17, 15) is 13.2 Å². The van der Waals surface area contributed by atoms with Gasteiger partial charge in [-0.25, -0.2) is 4.39 Å². The predicted octanol–water partition coefficient (Wildman–Crippen LogP) is 4.39. The van der Waals surface area contributed by atoms with E-state index in [1.807, 2.05) is 0 Å². The molecule has 1 fully saturated rings. The molecule has 1 aromatic carbocycles. The summed E-state index contributed by atoms with van der Waals surface area (Å²) in [5, 5.41) is 3.26. The number of ether oxygens (including phenoxy) is 1. The minimum Gasteiger partial charge on any atom is -0.432 e. The zero-order valence-corrected chi connectivity index (χ0v) is 12.3. The van der Waals surface area contributed by atoms with Crippen LogP contribution in [0.2, 0.25) is 0 Å². The van der Waals surface area contributed by atoms with Gasteiger partial charge in [-0.15, -0.1) is 0 Å². The smallest absolute Gasteiger partial charge is 0.387 e. The lowest BCUT2D eigenvalue weighted by Gasteiger charge is -2.39. The maximum atomic E-state index is 13.6. The summed E-state index contributed by atoms with van der Waals surface area (Å²) in [6.07, 6.45) is 4.31. The summed E-state index contributed by atoms with van der Waals surface area (Å²) in [6.45, 7) is 1.24. The monoisotopic (exact) mass is 302 g/mol. The van der Waals surface area contributed by atoms with Crippen LogP contribution >= 0.6 is 0 Å². The second-order valence-corrected chi connectivity index (χ2v) is 6.18. The Balaban J connectivity index is 2.22. The molecule has 1 saturated carbocycles. The van der Waals surface area contributed by atoms with E-state index in [1.165, 1.54) is 12.5 Å². The highest BCUT2D eigenvalue weighted by molar-refractivity contribution is 5.69. The van der Waals surface area contributed by atoms with Crippen molar-refractivity contribution in [1.29, 1.82) is 0 Å². The van der Waals surface area contributed by atoms with Crippen LogP contribution in [0.3, 0.4) is 0 Å². The highest BCUT2D eigenvalue weighted by Crippen LogP contribution is 2.39. The summed E-state index contributed by atoms with van der Waals surface area (Å²) in [6, 6.07) is 2.38. The van der Waals surface area contributed by atoms with Crippen molar-refractivity contribution >= 4 is 11.4 Å². The Morgan fingerprint density at radius 1 is 1.33 bits per heavy atom. The molecule has 1 aromatic rings. The van der Waals surface area contributed by atoms with Gasteiger partial charge in [0.15, 0.2) is 11.6 Å². The van der Waals surface area contributed by atoms with Gasteiger partial charge in [-0.2, -0.15) is 8.78 Å². The molecule has 2 rings (SSSR count). The van der Waals surface area contributed by atoms with Crippen LogP contribution in [0.15, 0.2) is 12.1 Å². The molecule has 3 nitrogen and oxygen atoms in total. The summed E-state index contributed by atoms with van der Waals surface area (Å²) in [5.74, 6) is -1.38. The second-order valence-electron chi connectivity index (χ2n) is 6.18. The van der Waals surface area contributed by atoms with E-state index >= 15 is 0 Å². The molecule has 0 aromatic heterocycles. The molecule has 0 aliphatic heterocycles. The first-order chi connectivity index (χ1) is 9.79. The summed E-state index contributed by atoms with van der Waals surface area (Å²) < 4.78 is 42.3. The van der Waals surface area contributed by atoms with E-state index in [0.717, 1.165) is 25.3 Å². The summed E-state index contributed by atoms with van der Waals surface area (Å²) >= 11 is 0. The largest absolute Gasteiger partial charge is 0.432 e. The quantitative estimate of drug-likeness (QED) is 0.811. The van der Waals surface area contributed by atoms with Crippen LogP contribution in [-0.4, -0.2) is 12.7 Å². The van der Waals surface area contributed by atoms with Crippen LogP contribution in [-0.2, 0) is 0 Å². The molecule has 1 aliphatic rings. The predicted molar refractivity (Wildman–Crippen MR) is 77.1 cm³/mol. The van der Waals surface area contributed by atoms with Gasteiger partial charge in [-0.05, 0) is 18.3 Å². The maximum Gasteiger partial charge on any atom is 0.387 e. The first-order valence-corrected chi connectivity index (χ1v) is 7.10. The molecule has 0 amide bonds. The zero-order chi connectivity index (χ0) is 15.6. The minimum absolute atomic E-state index is 0.0722. The van der Waals surface area contributed by atoms with Crippen molar-refractivity contribution in [1.82, 2.24) is 0 Å². The molecular formula is C15H21F3N2O. The van der Waals surface area contributed by atoms with Crippen molar-refractivity contribution in [3.8, 4) is 5.75 Å². The standard InChI is InChI=1S/C15H21F3N2O/c1-15(2)6-4-3-5-13(15)20-11-8-12(21-14(17)18)9(16)7-10(11)19/h7-8,13-14,20H,3-6,19H2,1-2H3. The van der Waals surface area contributed by atoms with Gasteiger partial charge in [0.1, 0.15) is 0 Å². The number of nitrogens with two attached hydrogens (primary N) is 1. The fourth-order valence-corrected chi connectivity index (χ4v) is 2.83. The summed E-state index contributed by atoms with van der Waals surface area (Å²) in [5.41, 5.74) is 6.48. The maximum absolute atomic E-state index is 13.6. The molecule has 6 heteroatoms. The molecule has 0 bridgehead atoms. The molecule has 0 saturated heterocycles. The Hall–Kier alpha value is -1.59. The van der Waals surface area contributed by atoms with Gasteiger partial charge in [-0.3, -0.25) is 0 Å². The number of halogens is 3. The molecule has 1 unspecified atom stereocenters. The number of anilines is 2. The van der Waals surface area contributed by atoms with Gasteiger partial charge in [0, 0.05) is 18.2 Å². The molecule has 0 spiro atoms. The first kappa shape index (κ1) is 15.8. The Kier molecular flexibility index (Phi) is 4.54. The van der Waals surface area contributed by atoms with Crippen molar-refractivity contribution in [2.24, 2.45) is 5.41 Å². The third-order valence-electron chi connectivity index (χ3n) is 4.16. The van der Waals surface area contributed by atoms with Crippen LogP contribution in [0.5, 0.6) is 5.75 Å². The lowest BCUT2D eigenvalue weighted by Crippen LogP contribution is -2.39. The highest BCUT2D eigenvalue weighted by atomic mass is 19.3. The molecule has 3 N–H and O–H groups in total. The van der Waals surface area contributed by atoms with Gasteiger partial charge in [-0.1, -0.05) is 26.7 Å². The van der Waals surface area contributed by atoms with E-state index in [0.29, 0.717) is 5.69 Å². The summed E-state index contributed by atoms with van der Waals surface area (Å²) in [4.78, 5) is 0.